The molecule has 4 nitrogen and oxygen atoms in total. The van der Waals surface area contributed by atoms with Gasteiger partial charge in [-0.2, -0.15) is 11.8 Å². The molecule has 2 rings (SSSR count). The van der Waals surface area contributed by atoms with Gasteiger partial charge in [0.25, 0.3) is 5.91 Å². The number of thioether (sulfide) groups is 1. The van der Waals surface area contributed by atoms with Crippen LogP contribution >= 0.6 is 11.8 Å². The number of carbonyl (C=O) groups is 1. The van der Waals surface area contributed by atoms with Gasteiger partial charge in [-0.15, -0.1) is 0 Å². The third kappa shape index (κ3) is 3.14. The third-order valence-electron chi connectivity index (χ3n) is 3.73. The van der Waals surface area contributed by atoms with E-state index in [-0.39, 0.29) is 18.1 Å². The van der Waals surface area contributed by atoms with Gasteiger partial charge < -0.3 is 15.4 Å². The first-order chi connectivity index (χ1) is 8.24. The summed E-state index contributed by atoms with van der Waals surface area (Å²) >= 11 is 1.91. The molecule has 17 heavy (non-hydrogen) atoms. The Morgan fingerprint density at radius 1 is 1.35 bits per heavy atom. The molecule has 2 fully saturated rings. The van der Waals surface area contributed by atoms with E-state index in [1.807, 2.05) is 16.7 Å². The molecule has 0 aromatic carbocycles. The molecular weight excluding hydrogens is 236 g/mol. The monoisotopic (exact) mass is 258 g/mol. The minimum atomic E-state index is -0.227. The van der Waals surface area contributed by atoms with E-state index in [2.05, 4.69) is 6.26 Å². The van der Waals surface area contributed by atoms with Crippen LogP contribution in [-0.2, 0) is 9.53 Å². The largest absolute Gasteiger partial charge is 0.364 e. The predicted molar refractivity (Wildman–Crippen MR) is 70.1 cm³/mol. The van der Waals surface area contributed by atoms with Crippen LogP contribution in [0.5, 0.6) is 0 Å². The van der Waals surface area contributed by atoms with E-state index in [0.29, 0.717) is 6.54 Å². The van der Waals surface area contributed by atoms with Gasteiger partial charge in [-0.3, -0.25) is 4.79 Å². The molecule has 98 valence electrons. The lowest BCUT2D eigenvalue weighted by Crippen LogP contribution is -2.44. The maximum atomic E-state index is 12.2. The second kappa shape index (κ2) is 6.07. The molecule has 0 saturated carbocycles. The fraction of sp³-hybridized carbons (Fsp3) is 0.917. The molecule has 2 unspecified atom stereocenters. The Balaban J connectivity index is 1.81. The van der Waals surface area contributed by atoms with Crippen molar-refractivity contribution in [2.24, 2.45) is 5.73 Å². The van der Waals surface area contributed by atoms with E-state index in [4.69, 9.17) is 10.5 Å². The van der Waals surface area contributed by atoms with Crippen LogP contribution in [0.15, 0.2) is 0 Å². The number of carbonyl (C=O) groups excluding carboxylic acids is 1. The highest BCUT2D eigenvalue weighted by Crippen LogP contribution is 2.25. The summed E-state index contributed by atoms with van der Waals surface area (Å²) < 4.78 is 5.66. The molecule has 0 aromatic rings. The number of ether oxygens (including phenoxy) is 1. The maximum Gasteiger partial charge on any atom is 0.251 e. The van der Waals surface area contributed by atoms with Gasteiger partial charge in [-0.05, 0) is 31.9 Å². The second-order valence-corrected chi connectivity index (χ2v) is 5.96. The van der Waals surface area contributed by atoms with Crippen molar-refractivity contribution >= 4 is 17.7 Å². The second-order valence-electron chi connectivity index (χ2n) is 4.82. The number of nitrogens with zero attached hydrogens (tertiary/aromatic N) is 1. The van der Waals surface area contributed by atoms with Crippen molar-refractivity contribution in [2.75, 3.05) is 25.9 Å². The van der Waals surface area contributed by atoms with Crippen molar-refractivity contribution in [3.63, 3.8) is 0 Å². The summed E-state index contributed by atoms with van der Waals surface area (Å²) in [5.74, 6) is 0.181. The minimum Gasteiger partial charge on any atom is -0.364 e. The highest BCUT2D eigenvalue weighted by atomic mass is 32.2. The van der Waals surface area contributed by atoms with Gasteiger partial charge >= 0.3 is 0 Å². The minimum absolute atomic E-state index is 0.0905. The van der Waals surface area contributed by atoms with Gasteiger partial charge in [-0.1, -0.05) is 0 Å². The molecule has 2 heterocycles. The molecule has 0 aliphatic carbocycles. The number of likely N-dealkylation sites (tertiary alicyclic amines) is 1. The van der Waals surface area contributed by atoms with Crippen molar-refractivity contribution in [3.05, 3.63) is 0 Å². The zero-order chi connectivity index (χ0) is 12.3. The van der Waals surface area contributed by atoms with E-state index < -0.39 is 0 Å². The SMILES string of the molecule is CSC1CCN(C(=O)C2CCC(CN)O2)CC1. The van der Waals surface area contributed by atoms with Crippen LogP contribution in [0.2, 0.25) is 0 Å². The van der Waals surface area contributed by atoms with Gasteiger partial charge in [0.2, 0.25) is 0 Å². The topological polar surface area (TPSA) is 55.6 Å². The van der Waals surface area contributed by atoms with Crippen LogP contribution in [0.3, 0.4) is 0 Å². The molecule has 2 saturated heterocycles. The van der Waals surface area contributed by atoms with E-state index in [1.54, 1.807) is 0 Å². The smallest absolute Gasteiger partial charge is 0.251 e. The highest BCUT2D eigenvalue weighted by molar-refractivity contribution is 7.99. The summed E-state index contributed by atoms with van der Waals surface area (Å²) in [5.41, 5.74) is 5.56. The zero-order valence-corrected chi connectivity index (χ0v) is 11.2. The number of nitrogens with two attached hydrogens (primary N) is 1. The first-order valence-electron chi connectivity index (χ1n) is 6.41. The summed E-state index contributed by atoms with van der Waals surface area (Å²) in [4.78, 5) is 14.2. The highest BCUT2D eigenvalue weighted by Gasteiger charge is 2.34. The lowest BCUT2D eigenvalue weighted by atomic mass is 10.1. The number of amides is 1. The average molecular weight is 258 g/mol. The molecule has 0 radical (unpaired) electrons. The van der Waals surface area contributed by atoms with Crippen LogP contribution in [0.1, 0.15) is 25.7 Å². The Morgan fingerprint density at radius 2 is 2.06 bits per heavy atom. The quantitative estimate of drug-likeness (QED) is 0.815. The molecule has 2 N–H and O–H groups in total. The molecule has 2 aliphatic heterocycles. The standard InChI is InChI=1S/C12H22N2O2S/c1-17-10-4-6-14(7-5-10)12(15)11-3-2-9(8-13)16-11/h9-11H,2-8,13H2,1H3. The van der Waals surface area contributed by atoms with Crippen LogP contribution in [0.25, 0.3) is 0 Å². The number of piperidine rings is 1. The van der Waals surface area contributed by atoms with Gasteiger partial charge in [0, 0.05) is 24.9 Å². The molecule has 2 aliphatic rings. The lowest BCUT2D eigenvalue weighted by Gasteiger charge is -2.32. The summed E-state index contributed by atoms with van der Waals surface area (Å²) in [6, 6.07) is 0. The zero-order valence-electron chi connectivity index (χ0n) is 10.4. The summed E-state index contributed by atoms with van der Waals surface area (Å²) in [5, 5.41) is 0.723. The van der Waals surface area contributed by atoms with Crippen molar-refractivity contribution in [2.45, 2.75) is 43.1 Å². The van der Waals surface area contributed by atoms with E-state index >= 15 is 0 Å². The first-order valence-corrected chi connectivity index (χ1v) is 7.70. The van der Waals surface area contributed by atoms with E-state index in [0.717, 1.165) is 44.0 Å². The van der Waals surface area contributed by atoms with E-state index in [1.165, 1.54) is 0 Å². The van der Waals surface area contributed by atoms with Crippen molar-refractivity contribution in [1.29, 1.82) is 0 Å². The Labute approximate surface area is 107 Å². The number of hydrogen-bond donors (Lipinski definition) is 1. The molecular formula is C12H22N2O2S. The Hall–Kier alpha value is -0.260. The fourth-order valence-electron chi connectivity index (χ4n) is 2.58. The van der Waals surface area contributed by atoms with Gasteiger partial charge in [-0.25, -0.2) is 0 Å². The Kier molecular flexibility index (Phi) is 4.70. The molecule has 2 atom stereocenters. The fourth-order valence-corrected chi connectivity index (χ4v) is 3.26. The van der Waals surface area contributed by atoms with Gasteiger partial charge in [0.05, 0.1) is 6.10 Å². The van der Waals surface area contributed by atoms with Crippen molar-refractivity contribution in [1.82, 2.24) is 4.90 Å². The van der Waals surface area contributed by atoms with Gasteiger partial charge in [0.15, 0.2) is 0 Å². The molecule has 0 spiro atoms. The maximum absolute atomic E-state index is 12.2. The van der Waals surface area contributed by atoms with Crippen molar-refractivity contribution < 1.29 is 9.53 Å². The molecule has 5 heteroatoms. The van der Waals surface area contributed by atoms with Gasteiger partial charge in [0.1, 0.15) is 6.10 Å². The first kappa shape index (κ1) is 13.2. The summed E-state index contributed by atoms with van der Waals surface area (Å²) in [6.45, 7) is 2.30. The van der Waals surface area contributed by atoms with Crippen LogP contribution in [-0.4, -0.2) is 54.2 Å². The van der Waals surface area contributed by atoms with Crippen LogP contribution < -0.4 is 5.73 Å². The molecule has 0 bridgehead atoms. The summed E-state index contributed by atoms with van der Waals surface area (Å²) in [6.07, 6.45) is 5.99. The Morgan fingerprint density at radius 3 is 2.59 bits per heavy atom. The Bertz CT molecular complexity index is 267. The molecule has 0 aromatic heterocycles. The normalized spacial score (nSPS) is 30.8. The summed E-state index contributed by atoms with van der Waals surface area (Å²) in [7, 11) is 0. The third-order valence-corrected chi connectivity index (χ3v) is 4.87. The van der Waals surface area contributed by atoms with Crippen molar-refractivity contribution in [3.8, 4) is 0 Å². The molecule has 1 amide bonds. The lowest BCUT2D eigenvalue weighted by molar-refractivity contribution is -0.143. The van der Waals surface area contributed by atoms with E-state index in [9.17, 15) is 4.79 Å². The predicted octanol–water partition coefficient (Wildman–Crippen LogP) is 0.847. The number of rotatable bonds is 3. The number of hydrogen-bond acceptors (Lipinski definition) is 4. The van der Waals surface area contributed by atoms with Crippen LogP contribution in [0, 0.1) is 0 Å². The average Bonchev–Trinajstić information content (AvgIpc) is 2.87. The van der Waals surface area contributed by atoms with Crippen LogP contribution in [0.4, 0.5) is 0 Å².